The molecule has 2 saturated carbocycles. The van der Waals surface area contributed by atoms with E-state index in [1.165, 1.54) is 154 Å². The van der Waals surface area contributed by atoms with Crippen molar-refractivity contribution in [1.29, 1.82) is 0 Å². The van der Waals surface area contributed by atoms with Crippen LogP contribution >= 0.6 is 0 Å². The molecule has 0 radical (unpaired) electrons. The SMILES string of the molecule is CCCCc1cc(C)c(N(c2ccc(C)cc2)c2ccc3c(c2)C24CCCC2(CCC4)c2cc(N(c4ccc(C)cc4)c4c(C)cc(CCCC)cc4C)ccc2-3)c(C)c1. The zero-order chi connectivity index (χ0) is 41.8. The summed E-state index contributed by atoms with van der Waals surface area (Å²) in [6, 6.07) is 43.4. The molecule has 0 amide bonds. The Balaban J connectivity index is 1.22. The molecule has 2 nitrogen and oxygen atoms in total. The van der Waals surface area contributed by atoms with Gasteiger partial charge in [0, 0.05) is 33.6 Å². The normalized spacial score (nSPS) is 18.8. The fourth-order valence-corrected chi connectivity index (χ4v) is 12.3. The number of hydrogen-bond acceptors (Lipinski definition) is 2. The van der Waals surface area contributed by atoms with E-state index in [-0.39, 0.29) is 10.8 Å². The molecule has 0 saturated heterocycles. The first-order valence-corrected chi connectivity index (χ1v) is 23.3. The molecule has 2 heteroatoms. The number of fused-ring (bicyclic) bond motifs is 3. The standard InChI is InChI=1S/C58H66N2/c1-9-11-15-45-33-41(5)55(42(6)34-45)59(47-21-17-39(3)18-22-47)49-25-27-51-52-28-26-50(38-54(52)58-31-13-29-57(58,30-14-32-58)53(51)37-49)60(48-23-19-40(4)20-24-48)56-43(7)35-46(16-12-10-2)36-44(56)8/h17-28,33-38H,9-16,29-32H2,1-8H3. The minimum Gasteiger partial charge on any atom is -0.310 e. The van der Waals surface area contributed by atoms with Gasteiger partial charge in [-0.25, -0.2) is 0 Å². The van der Waals surface area contributed by atoms with Gasteiger partial charge in [0.15, 0.2) is 0 Å². The fourth-order valence-electron chi connectivity index (χ4n) is 12.3. The van der Waals surface area contributed by atoms with Crippen molar-refractivity contribution in [3.05, 3.63) is 165 Å². The molecule has 0 unspecified atom stereocenters. The van der Waals surface area contributed by atoms with Gasteiger partial charge in [-0.1, -0.05) is 111 Å². The Bertz CT molecular complexity index is 2300. The van der Waals surface area contributed by atoms with Gasteiger partial charge in [0.05, 0.1) is 11.4 Å². The van der Waals surface area contributed by atoms with Crippen LogP contribution in [0.3, 0.4) is 0 Å². The molecule has 6 aromatic rings. The molecular weight excluding hydrogens is 725 g/mol. The lowest BCUT2D eigenvalue weighted by Gasteiger charge is -2.48. The highest BCUT2D eigenvalue weighted by Gasteiger charge is 2.62. The van der Waals surface area contributed by atoms with Crippen molar-refractivity contribution >= 4 is 34.1 Å². The largest absolute Gasteiger partial charge is 0.310 e. The first-order chi connectivity index (χ1) is 29.1. The molecule has 308 valence electrons. The van der Waals surface area contributed by atoms with Crippen molar-refractivity contribution in [2.75, 3.05) is 9.80 Å². The fraction of sp³-hybridized carbons (Fsp3) is 0.379. The van der Waals surface area contributed by atoms with Crippen LogP contribution in [0.4, 0.5) is 34.1 Å². The molecule has 0 aliphatic heterocycles. The van der Waals surface area contributed by atoms with Crippen LogP contribution in [0, 0.1) is 41.5 Å². The predicted molar refractivity (Wildman–Crippen MR) is 258 cm³/mol. The minimum atomic E-state index is 0.137. The van der Waals surface area contributed by atoms with Crippen molar-refractivity contribution in [3.8, 4) is 11.1 Å². The number of benzene rings is 6. The van der Waals surface area contributed by atoms with Gasteiger partial charge in [-0.2, -0.15) is 0 Å². The van der Waals surface area contributed by atoms with E-state index in [4.69, 9.17) is 0 Å². The van der Waals surface area contributed by atoms with Gasteiger partial charge in [0.25, 0.3) is 0 Å². The van der Waals surface area contributed by atoms with Crippen molar-refractivity contribution in [3.63, 3.8) is 0 Å². The van der Waals surface area contributed by atoms with Gasteiger partial charge in [-0.15, -0.1) is 0 Å². The number of rotatable bonds is 12. The summed E-state index contributed by atoms with van der Waals surface area (Å²) in [5, 5.41) is 0. The van der Waals surface area contributed by atoms with E-state index in [0.717, 1.165) is 12.8 Å². The lowest BCUT2D eigenvalue weighted by molar-refractivity contribution is 0.299. The van der Waals surface area contributed by atoms with Crippen LogP contribution < -0.4 is 9.80 Å². The van der Waals surface area contributed by atoms with E-state index < -0.39 is 0 Å². The quantitative estimate of drug-likeness (QED) is 0.122. The lowest BCUT2D eigenvalue weighted by Crippen LogP contribution is -2.43. The number of unbranched alkanes of at least 4 members (excludes halogenated alkanes) is 2. The number of nitrogens with zero attached hydrogens (tertiary/aromatic N) is 2. The number of aryl methyl sites for hydroxylation is 8. The Morgan fingerprint density at radius 2 is 0.750 bits per heavy atom. The van der Waals surface area contributed by atoms with Crippen molar-refractivity contribution < 1.29 is 0 Å². The highest BCUT2D eigenvalue weighted by atomic mass is 15.2. The molecule has 0 atom stereocenters. The van der Waals surface area contributed by atoms with Crippen LogP contribution in [-0.2, 0) is 23.7 Å². The second-order valence-electron chi connectivity index (χ2n) is 19.0. The van der Waals surface area contributed by atoms with E-state index in [0.29, 0.717) is 0 Å². The summed E-state index contributed by atoms with van der Waals surface area (Å²) >= 11 is 0. The molecule has 9 rings (SSSR count). The summed E-state index contributed by atoms with van der Waals surface area (Å²) in [6.07, 6.45) is 14.8. The first kappa shape index (κ1) is 40.3. The number of hydrogen-bond donors (Lipinski definition) is 0. The third kappa shape index (κ3) is 6.70. The third-order valence-corrected chi connectivity index (χ3v) is 14.9. The van der Waals surface area contributed by atoms with E-state index in [1.54, 1.807) is 11.1 Å². The zero-order valence-electron chi connectivity index (χ0n) is 37.8. The lowest BCUT2D eigenvalue weighted by atomic mass is 9.55. The monoisotopic (exact) mass is 791 g/mol. The van der Waals surface area contributed by atoms with Gasteiger partial charge in [0.1, 0.15) is 0 Å². The van der Waals surface area contributed by atoms with E-state index >= 15 is 0 Å². The van der Waals surface area contributed by atoms with Crippen molar-refractivity contribution in [2.45, 2.75) is 143 Å². The molecule has 6 aromatic carbocycles. The summed E-state index contributed by atoms with van der Waals surface area (Å²) < 4.78 is 0. The average molecular weight is 791 g/mol. The second-order valence-corrected chi connectivity index (χ2v) is 19.0. The Morgan fingerprint density at radius 1 is 0.417 bits per heavy atom. The van der Waals surface area contributed by atoms with Crippen LogP contribution in [0.15, 0.2) is 109 Å². The topological polar surface area (TPSA) is 6.48 Å². The Hall–Kier alpha value is -5.08. The molecular formula is C58H66N2. The Morgan fingerprint density at radius 3 is 1.08 bits per heavy atom. The summed E-state index contributed by atoms with van der Waals surface area (Å²) in [4.78, 5) is 5.15. The van der Waals surface area contributed by atoms with Crippen LogP contribution in [0.1, 0.15) is 134 Å². The van der Waals surface area contributed by atoms with Gasteiger partial charge in [-0.05, 0) is 197 Å². The van der Waals surface area contributed by atoms with Crippen LogP contribution in [0.2, 0.25) is 0 Å². The molecule has 0 N–H and O–H groups in total. The highest BCUT2D eigenvalue weighted by molar-refractivity contribution is 5.88. The molecule has 0 bridgehead atoms. The zero-order valence-corrected chi connectivity index (χ0v) is 37.8. The molecule has 3 aliphatic rings. The molecule has 60 heavy (non-hydrogen) atoms. The maximum Gasteiger partial charge on any atom is 0.0520 e. The maximum atomic E-state index is 2.65. The smallest absolute Gasteiger partial charge is 0.0520 e. The van der Waals surface area contributed by atoms with Crippen molar-refractivity contribution in [1.82, 2.24) is 0 Å². The highest BCUT2D eigenvalue weighted by Crippen LogP contribution is 2.70. The molecule has 3 aliphatic carbocycles. The predicted octanol–water partition coefficient (Wildman–Crippen LogP) is 16.7. The molecule has 2 fully saturated rings. The van der Waals surface area contributed by atoms with Crippen LogP contribution in [0.25, 0.3) is 11.1 Å². The summed E-state index contributed by atoms with van der Waals surface area (Å²) in [5.74, 6) is 0. The third-order valence-electron chi connectivity index (χ3n) is 14.9. The van der Waals surface area contributed by atoms with Crippen LogP contribution in [-0.4, -0.2) is 0 Å². The van der Waals surface area contributed by atoms with E-state index in [9.17, 15) is 0 Å². The van der Waals surface area contributed by atoms with E-state index in [2.05, 4.69) is 174 Å². The molecule has 0 spiro atoms. The maximum absolute atomic E-state index is 2.65. The molecule has 0 aromatic heterocycles. The van der Waals surface area contributed by atoms with Gasteiger partial charge >= 0.3 is 0 Å². The van der Waals surface area contributed by atoms with Crippen molar-refractivity contribution in [2.24, 2.45) is 0 Å². The van der Waals surface area contributed by atoms with Gasteiger partial charge in [0.2, 0.25) is 0 Å². The van der Waals surface area contributed by atoms with E-state index in [1.807, 2.05) is 0 Å². The number of anilines is 6. The molecule has 0 heterocycles. The Labute approximate surface area is 361 Å². The van der Waals surface area contributed by atoms with Gasteiger partial charge in [-0.3, -0.25) is 0 Å². The minimum absolute atomic E-state index is 0.137. The average Bonchev–Trinajstić information content (AvgIpc) is 3.82. The Kier molecular flexibility index (Phi) is 10.8. The summed E-state index contributed by atoms with van der Waals surface area (Å²) in [6.45, 7) is 18.3. The summed E-state index contributed by atoms with van der Waals surface area (Å²) in [7, 11) is 0. The summed E-state index contributed by atoms with van der Waals surface area (Å²) in [5.41, 5.74) is 24.9. The second kappa shape index (κ2) is 16.1. The first-order valence-electron chi connectivity index (χ1n) is 23.3. The van der Waals surface area contributed by atoms with Crippen LogP contribution in [0.5, 0.6) is 0 Å². The van der Waals surface area contributed by atoms with Gasteiger partial charge < -0.3 is 9.80 Å².